The molecule has 0 spiro atoms. The SMILES string of the molecule is COc1ccc(-n2nc(-c3ccccc3)c3c2N(CC(=O)NC2CC2)C(=O)CS[C@@H]3c2ccccc2Cl)cc1. The highest BCUT2D eigenvalue weighted by molar-refractivity contribution is 8.00. The number of aromatic nitrogens is 2. The predicted octanol–water partition coefficient (Wildman–Crippen LogP) is 5.65. The van der Waals surface area contributed by atoms with Crippen molar-refractivity contribution in [2.45, 2.75) is 24.1 Å². The Morgan fingerprint density at radius 2 is 1.77 bits per heavy atom. The van der Waals surface area contributed by atoms with E-state index in [0.29, 0.717) is 16.6 Å². The van der Waals surface area contributed by atoms with E-state index in [1.165, 1.54) is 11.8 Å². The van der Waals surface area contributed by atoms with Crippen molar-refractivity contribution >= 4 is 41.0 Å². The summed E-state index contributed by atoms with van der Waals surface area (Å²) in [4.78, 5) is 28.4. The van der Waals surface area contributed by atoms with Crippen LogP contribution in [0.4, 0.5) is 5.82 Å². The Hall–Kier alpha value is -3.75. The number of nitrogens with one attached hydrogen (secondary N) is 1. The molecular formula is C30H27ClN4O3S. The van der Waals surface area contributed by atoms with E-state index in [1.54, 1.807) is 16.7 Å². The van der Waals surface area contributed by atoms with Gasteiger partial charge in [-0.3, -0.25) is 14.5 Å². The predicted molar refractivity (Wildman–Crippen MR) is 155 cm³/mol. The zero-order valence-corrected chi connectivity index (χ0v) is 22.9. The molecular weight excluding hydrogens is 532 g/mol. The van der Waals surface area contributed by atoms with Crippen LogP contribution in [0.5, 0.6) is 5.75 Å². The van der Waals surface area contributed by atoms with Crippen LogP contribution in [0.25, 0.3) is 16.9 Å². The van der Waals surface area contributed by atoms with E-state index in [4.69, 9.17) is 21.4 Å². The zero-order chi connectivity index (χ0) is 26.9. The van der Waals surface area contributed by atoms with Crippen LogP contribution < -0.4 is 15.0 Å². The van der Waals surface area contributed by atoms with Crippen molar-refractivity contribution in [1.29, 1.82) is 0 Å². The molecule has 0 saturated heterocycles. The van der Waals surface area contributed by atoms with Gasteiger partial charge in [0, 0.05) is 22.2 Å². The first-order chi connectivity index (χ1) is 19.0. The van der Waals surface area contributed by atoms with Gasteiger partial charge in [-0.1, -0.05) is 60.1 Å². The molecule has 4 aromatic rings. The summed E-state index contributed by atoms with van der Waals surface area (Å²) >= 11 is 8.24. The number of ether oxygens (including phenoxy) is 1. The molecule has 1 fully saturated rings. The Morgan fingerprint density at radius 1 is 1.05 bits per heavy atom. The normalized spacial score (nSPS) is 16.9. The molecule has 2 aliphatic rings. The highest BCUT2D eigenvalue weighted by Gasteiger charge is 2.38. The number of halogens is 1. The van der Waals surface area contributed by atoms with Crippen molar-refractivity contribution in [2.24, 2.45) is 0 Å². The second-order valence-electron chi connectivity index (χ2n) is 9.60. The number of carbonyl (C=O) groups is 2. The molecule has 39 heavy (non-hydrogen) atoms. The molecule has 1 aromatic heterocycles. The molecule has 0 unspecified atom stereocenters. The Labute approximate surface area is 236 Å². The molecule has 2 heterocycles. The Bertz CT molecular complexity index is 1520. The molecule has 1 aliphatic heterocycles. The monoisotopic (exact) mass is 558 g/mol. The van der Waals surface area contributed by atoms with Gasteiger partial charge < -0.3 is 10.1 Å². The Morgan fingerprint density at radius 3 is 2.46 bits per heavy atom. The van der Waals surface area contributed by atoms with E-state index in [9.17, 15) is 9.59 Å². The highest BCUT2D eigenvalue weighted by Crippen LogP contribution is 2.49. The maximum atomic E-state index is 13.7. The fourth-order valence-electron chi connectivity index (χ4n) is 4.81. The van der Waals surface area contributed by atoms with Crippen molar-refractivity contribution in [3.05, 3.63) is 95.0 Å². The lowest BCUT2D eigenvalue weighted by Crippen LogP contribution is -2.43. The van der Waals surface area contributed by atoms with E-state index >= 15 is 0 Å². The third-order valence-corrected chi connectivity index (χ3v) is 8.47. The van der Waals surface area contributed by atoms with Crippen molar-refractivity contribution in [3.63, 3.8) is 0 Å². The number of anilines is 1. The molecule has 1 aliphatic carbocycles. The standard InChI is InChI=1S/C30H27ClN4O3S/c1-38-22-15-13-21(14-16-22)35-30-27(28(33-35)19-7-3-2-4-8-19)29(23-9-5-6-10-24(23)31)39-18-26(37)34(30)17-25(36)32-20-11-12-20/h2-10,13-16,20,29H,11-12,17-18H2,1H3,(H,32,36)/t29-/m1/s1. The van der Waals surface area contributed by atoms with Gasteiger partial charge in [-0.05, 0) is 48.7 Å². The maximum absolute atomic E-state index is 13.7. The van der Waals surface area contributed by atoms with Gasteiger partial charge in [0.1, 0.15) is 18.1 Å². The lowest BCUT2D eigenvalue weighted by atomic mass is 9.99. The second kappa shape index (κ2) is 10.8. The minimum Gasteiger partial charge on any atom is -0.497 e. The van der Waals surface area contributed by atoms with Crippen molar-refractivity contribution < 1.29 is 14.3 Å². The smallest absolute Gasteiger partial charge is 0.240 e. The average molecular weight is 559 g/mol. The third kappa shape index (κ3) is 5.14. The van der Waals surface area contributed by atoms with E-state index in [-0.39, 0.29) is 35.4 Å². The Kier molecular flexibility index (Phi) is 7.06. The number of rotatable bonds is 7. The number of benzene rings is 3. The molecule has 9 heteroatoms. The number of hydrogen-bond donors (Lipinski definition) is 1. The number of amides is 2. The average Bonchev–Trinajstić information content (AvgIpc) is 3.71. The van der Waals surface area contributed by atoms with Crippen LogP contribution in [0.3, 0.4) is 0 Å². The summed E-state index contributed by atoms with van der Waals surface area (Å²) in [6.07, 6.45) is 1.94. The van der Waals surface area contributed by atoms with Gasteiger partial charge in [-0.25, -0.2) is 4.68 Å². The van der Waals surface area contributed by atoms with Crippen molar-refractivity contribution in [1.82, 2.24) is 15.1 Å². The number of fused-ring (bicyclic) bond motifs is 1. The number of nitrogens with zero attached hydrogens (tertiary/aromatic N) is 3. The number of carbonyl (C=O) groups excluding carboxylic acids is 2. The summed E-state index contributed by atoms with van der Waals surface area (Å²) in [6.45, 7) is -0.0891. The van der Waals surface area contributed by atoms with Crippen LogP contribution in [-0.4, -0.2) is 47.0 Å². The number of thioether (sulfide) groups is 1. The van der Waals surface area contributed by atoms with Crippen LogP contribution in [0.2, 0.25) is 5.02 Å². The number of methoxy groups -OCH3 is 1. The summed E-state index contributed by atoms with van der Waals surface area (Å²) in [7, 11) is 1.62. The van der Waals surface area contributed by atoms with Gasteiger partial charge in [-0.15, -0.1) is 11.8 Å². The largest absolute Gasteiger partial charge is 0.497 e. The maximum Gasteiger partial charge on any atom is 0.240 e. The fraction of sp³-hybridized carbons (Fsp3) is 0.233. The van der Waals surface area contributed by atoms with Crippen LogP contribution in [0.1, 0.15) is 29.2 Å². The first-order valence-electron chi connectivity index (χ1n) is 12.8. The van der Waals surface area contributed by atoms with Crippen LogP contribution in [0, 0.1) is 0 Å². The van der Waals surface area contributed by atoms with E-state index in [2.05, 4.69) is 5.32 Å². The van der Waals surface area contributed by atoms with Crippen molar-refractivity contribution in [3.8, 4) is 22.7 Å². The lowest BCUT2D eigenvalue weighted by molar-refractivity contribution is -0.123. The van der Waals surface area contributed by atoms with Gasteiger partial charge in [0.2, 0.25) is 11.8 Å². The van der Waals surface area contributed by atoms with Crippen molar-refractivity contribution in [2.75, 3.05) is 24.3 Å². The quantitative estimate of drug-likeness (QED) is 0.317. The summed E-state index contributed by atoms with van der Waals surface area (Å²) in [5.74, 6) is 1.14. The first-order valence-corrected chi connectivity index (χ1v) is 14.2. The second-order valence-corrected chi connectivity index (χ2v) is 11.1. The van der Waals surface area contributed by atoms with Gasteiger partial charge >= 0.3 is 0 Å². The third-order valence-electron chi connectivity index (χ3n) is 6.89. The van der Waals surface area contributed by atoms with Gasteiger partial charge in [-0.2, -0.15) is 5.10 Å². The minimum atomic E-state index is -0.281. The van der Waals surface area contributed by atoms with Crippen LogP contribution in [-0.2, 0) is 9.59 Å². The molecule has 0 radical (unpaired) electrons. The van der Waals surface area contributed by atoms with E-state index in [1.807, 2.05) is 78.9 Å². The molecule has 7 nitrogen and oxygen atoms in total. The summed E-state index contributed by atoms with van der Waals surface area (Å²) in [5.41, 5.74) is 4.14. The first kappa shape index (κ1) is 25.5. The van der Waals surface area contributed by atoms with E-state index < -0.39 is 0 Å². The van der Waals surface area contributed by atoms with Crippen LogP contribution in [0.15, 0.2) is 78.9 Å². The van der Waals surface area contributed by atoms with E-state index in [0.717, 1.165) is 40.9 Å². The summed E-state index contributed by atoms with van der Waals surface area (Å²) in [5, 5.41) is 8.46. The lowest BCUT2D eigenvalue weighted by Gasteiger charge is -2.23. The Balaban J connectivity index is 1.60. The van der Waals surface area contributed by atoms with Gasteiger partial charge in [0.25, 0.3) is 0 Å². The molecule has 2 amide bonds. The fourth-order valence-corrected chi connectivity index (χ4v) is 6.35. The molecule has 1 atom stereocenters. The molecule has 3 aromatic carbocycles. The molecule has 0 bridgehead atoms. The summed E-state index contributed by atoms with van der Waals surface area (Å²) < 4.78 is 7.14. The topological polar surface area (TPSA) is 76.5 Å². The zero-order valence-electron chi connectivity index (χ0n) is 21.3. The van der Waals surface area contributed by atoms with Gasteiger partial charge in [0.05, 0.1) is 29.5 Å². The molecule has 6 rings (SSSR count). The minimum absolute atomic E-state index is 0.0891. The molecule has 198 valence electrons. The summed E-state index contributed by atoms with van der Waals surface area (Å²) in [6, 6.07) is 25.3. The number of hydrogen-bond acceptors (Lipinski definition) is 5. The highest BCUT2D eigenvalue weighted by atomic mass is 35.5. The van der Waals surface area contributed by atoms with Gasteiger partial charge in [0.15, 0.2) is 0 Å². The molecule has 1 saturated carbocycles. The van der Waals surface area contributed by atoms with Crippen LogP contribution >= 0.6 is 23.4 Å². The molecule has 1 N–H and O–H groups in total.